The SMILES string of the molecule is Cc1cc(C(=O)NNC(=O)CNC(=O)c2cccc(F)c2)c(C)n1-c1ccc(F)cc1. The van der Waals surface area contributed by atoms with Gasteiger partial charge in [-0.1, -0.05) is 6.07 Å². The molecule has 0 aliphatic rings. The number of hydrazine groups is 1. The summed E-state index contributed by atoms with van der Waals surface area (Å²) >= 11 is 0. The molecule has 0 bridgehead atoms. The summed E-state index contributed by atoms with van der Waals surface area (Å²) in [5.41, 5.74) is 6.96. The van der Waals surface area contributed by atoms with E-state index >= 15 is 0 Å². The Bertz CT molecular complexity index is 1140. The minimum absolute atomic E-state index is 0.0741. The number of carbonyl (C=O) groups is 3. The number of aromatic nitrogens is 1. The number of amides is 3. The van der Waals surface area contributed by atoms with Crippen molar-refractivity contribution in [3.05, 3.63) is 88.7 Å². The molecule has 0 radical (unpaired) electrons. The lowest BCUT2D eigenvalue weighted by molar-refractivity contribution is -0.120. The molecule has 3 aromatic rings. The molecule has 3 amide bonds. The molecule has 0 spiro atoms. The number of halogens is 2. The molecular formula is C22H20F2N4O3. The molecule has 0 saturated carbocycles. The Hall–Kier alpha value is -4.01. The molecule has 0 unspecified atom stereocenters. The molecule has 2 aromatic carbocycles. The van der Waals surface area contributed by atoms with Crippen LogP contribution in [0.25, 0.3) is 5.69 Å². The minimum atomic E-state index is -0.662. The van der Waals surface area contributed by atoms with E-state index in [2.05, 4.69) is 16.2 Å². The highest BCUT2D eigenvalue weighted by Gasteiger charge is 2.17. The molecule has 160 valence electrons. The maximum absolute atomic E-state index is 13.2. The molecule has 1 aromatic heterocycles. The zero-order valence-corrected chi connectivity index (χ0v) is 16.8. The van der Waals surface area contributed by atoms with Gasteiger partial charge in [0.15, 0.2) is 0 Å². The lowest BCUT2D eigenvalue weighted by Gasteiger charge is -2.11. The van der Waals surface area contributed by atoms with Crippen molar-refractivity contribution >= 4 is 17.7 Å². The number of rotatable bonds is 5. The lowest BCUT2D eigenvalue weighted by atomic mass is 10.2. The van der Waals surface area contributed by atoms with E-state index in [9.17, 15) is 23.2 Å². The van der Waals surface area contributed by atoms with E-state index in [1.807, 2.05) is 0 Å². The standard InChI is InChI=1S/C22H20F2N4O3/c1-13-10-19(14(2)28(13)18-8-6-16(23)7-9-18)22(31)27-26-20(29)12-25-21(30)15-4-3-5-17(24)11-15/h3-11H,12H2,1-2H3,(H,25,30)(H,26,29)(H,27,31). The van der Waals surface area contributed by atoms with Gasteiger partial charge in [0.2, 0.25) is 0 Å². The van der Waals surface area contributed by atoms with Crippen LogP contribution in [0.1, 0.15) is 32.1 Å². The predicted molar refractivity (Wildman–Crippen MR) is 110 cm³/mol. The second-order valence-corrected chi connectivity index (χ2v) is 6.79. The first-order chi connectivity index (χ1) is 14.8. The van der Waals surface area contributed by atoms with Gasteiger partial charge in [0, 0.05) is 22.6 Å². The van der Waals surface area contributed by atoms with Crippen LogP contribution in [0.5, 0.6) is 0 Å². The zero-order valence-electron chi connectivity index (χ0n) is 16.8. The summed E-state index contributed by atoms with van der Waals surface area (Å²) in [5, 5.41) is 2.34. The predicted octanol–water partition coefficient (Wildman–Crippen LogP) is 2.56. The molecule has 0 aliphatic heterocycles. The maximum Gasteiger partial charge on any atom is 0.271 e. The molecule has 1 heterocycles. The van der Waals surface area contributed by atoms with Crippen LogP contribution in [0.2, 0.25) is 0 Å². The van der Waals surface area contributed by atoms with Gasteiger partial charge in [-0.3, -0.25) is 25.2 Å². The average molecular weight is 426 g/mol. The van der Waals surface area contributed by atoms with Crippen LogP contribution < -0.4 is 16.2 Å². The number of aryl methyl sites for hydroxylation is 1. The Labute approximate surface area is 177 Å². The molecule has 3 rings (SSSR count). The van der Waals surface area contributed by atoms with Crippen LogP contribution in [0.3, 0.4) is 0 Å². The maximum atomic E-state index is 13.2. The molecule has 0 aliphatic carbocycles. The number of nitrogens with one attached hydrogen (secondary N) is 3. The third-order valence-corrected chi connectivity index (χ3v) is 4.57. The highest BCUT2D eigenvalue weighted by Crippen LogP contribution is 2.21. The number of nitrogens with zero attached hydrogens (tertiary/aromatic N) is 1. The molecule has 0 atom stereocenters. The molecule has 9 heteroatoms. The number of carbonyl (C=O) groups excluding carboxylic acids is 3. The van der Waals surface area contributed by atoms with Crippen molar-refractivity contribution in [1.82, 2.24) is 20.7 Å². The summed E-state index contributed by atoms with van der Waals surface area (Å²) in [6.45, 7) is 3.12. The van der Waals surface area contributed by atoms with Gasteiger partial charge in [-0.2, -0.15) is 0 Å². The highest BCUT2D eigenvalue weighted by molar-refractivity contribution is 5.98. The molecule has 31 heavy (non-hydrogen) atoms. The second kappa shape index (κ2) is 9.21. The minimum Gasteiger partial charge on any atom is -0.343 e. The van der Waals surface area contributed by atoms with Gasteiger partial charge in [-0.25, -0.2) is 8.78 Å². The first kappa shape index (κ1) is 21.7. The highest BCUT2D eigenvalue weighted by atomic mass is 19.1. The largest absolute Gasteiger partial charge is 0.343 e. The van der Waals surface area contributed by atoms with Crippen molar-refractivity contribution in [2.24, 2.45) is 0 Å². The molecule has 3 N–H and O–H groups in total. The molecular weight excluding hydrogens is 406 g/mol. The van der Waals surface area contributed by atoms with Crippen molar-refractivity contribution in [1.29, 1.82) is 0 Å². The normalized spacial score (nSPS) is 10.5. The topological polar surface area (TPSA) is 92.2 Å². The molecule has 0 fully saturated rings. The van der Waals surface area contributed by atoms with Crippen LogP contribution in [0.15, 0.2) is 54.6 Å². The summed E-state index contributed by atoms with van der Waals surface area (Å²) in [6.07, 6.45) is 0. The summed E-state index contributed by atoms with van der Waals surface area (Å²) in [4.78, 5) is 36.4. The van der Waals surface area contributed by atoms with Crippen LogP contribution in [0, 0.1) is 25.5 Å². The number of hydrogen-bond acceptors (Lipinski definition) is 3. The van der Waals surface area contributed by atoms with E-state index in [0.29, 0.717) is 16.9 Å². The Morgan fingerprint density at radius 2 is 1.58 bits per heavy atom. The van der Waals surface area contributed by atoms with Crippen molar-refractivity contribution in [3.8, 4) is 5.69 Å². The quantitative estimate of drug-likeness (QED) is 0.548. The van der Waals surface area contributed by atoms with Crippen molar-refractivity contribution in [2.75, 3.05) is 6.54 Å². The van der Waals surface area contributed by atoms with Crippen LogP contribution in [-0.4, -0.2) is 28.8 Å². The summed E-state index contributed by atoms with van der Waals surface area (Å²) in [6, 6.07) is 12.5. The van der Waals surface area contributed by atoms with Crippen LogP contribution in [0.4, 0.5) is 8.78 Å². The zero-order chi connectivity index (χ0) is 22.5. The smallest absolute Gasteiger partial charge is 0.271 e. The van der Waals surface area contributed by atoms with E-state index < -0.39 is 30.1 Å². The van der Waals surface area contributed by atoms with Crippen molar-refractivity contribution < 1.29 is 23.2 Å². The summed E-state index contributed by atoms with van der Waals surface area (Å²) in [7, 11) is 0. The van der Waals surface area contributed by atoms with Gasteiger partial charge in [0.1, 0.15) is 11.6 Å². The lowest BCUT2D eigenvalue weighted by Crippen LogP contribution is -2.46. The Morgan fingerprint density at radius 3 is 2.26 bits per heavy atom. The summed E-state index contributed by atoms with van der Waals surface area (Å²) in [5.74, 6) is -2.76. The van der Waals surface area contributed by atoms with E-state index in [1.165, 1.54) is 30.3 Å². The van der Waals surface area contributed by atoms with Crippen LogP contribution >= 0.6 is 0 Å². The molecule has 7 nitrogen and oxygen atoms in total. The second-order valence-electron chi connectivity index (χ2n) is 6.79. The summed E-state index contributed by atoms with van der Waals surface area (Å²) < 4.78 is 28.1. The van der Waals surface area contributed by atoms with E-state index in [0.717, 1.165) is 11.8 Å². The van der Waals surface area contributed by atoms with Gasteiger partial charge in [-0.15, -0.1) is 0 Å². The average Bonchev–Trinajstić information content (AvgIpc) is 3.05. The fourth-order valence-corrected chi connectivity index (χ4v) is 3.11. The third kappa shape index (κ3) is 5.13. The van der Waals surface area contributed by atoms with E-state index in [1.54, 1.807) is 36.6 Å². The first-order valence-corrected chi connectivity index (χ1v) is 9.34. The Kier molecular flexibility index (Phi) is 6.44. The Morgan fingerprint density at radius 1 is 0.871 bits per heavy atom. The van der Waals surface area contributed by atoms with E-state index in [4.69, 9.17) is 0 Å². The van der Waals surface area contributed by atoms with Gasteiger partial charge >= 0.3 is 0 Å². The fourth-order valence-electron chi connectivity index (χ4n) is 3.11. The monoisotopic (exact) mass is 426 g/mol. The third-order valence-electron chi connectivity index (χ3n) is 4.57. The molecule has 0 saturated heterocycles. The first-order valence-electron chi connectivity index (χ1n) is 9.34. The Balaban J connectivity index is 1.58. The van der Waals surface area contributed by atoms with Crippen molar-refractivity contribution in [2.45, 2.75) is 13.8 Å². The van der Waals surface area contributed by atoms with Crippen molar-refractivity contribution in [3.63, 3.8) is 0 Å². The van der Waals surface area contributed by atoms with Gasteiger partial charge < -0.3 is 9.88 Å². The van der Waals surface area contributed by atoms with Crippen LogP contribution in [-0.2, 0) is 4.79 Å². The number of hydrogen-bond donors (Lipinski definition) is 3. The van der Waals surface area contributed by atoms with Gasteiger partial charge in [0.25, 0.3) is 17.7 Å². The fraction of sp³-hybridized carbons (Fsp3) is 0.136. The van der Waals surface area contributed by atoms with Gasteiger partial charge in [-0.05, 0) is 62.4 Å². The number of benzene rings is 2. The van der Waals surface area contributed by atoms with E-state index in [-0.39, 0.29) is 11.4 Å². The van der Waals surface area contributed by atoms with Gasteiger partial charge in [0.05, 0.1) is 12.1 Å².